The molecule has 0 saturated heterocycles. The number of hydrogen-bond acceptors (Lipinski definition) is 5. The predicted molar refractivity (Wildman–Crippen MR) is 80.9 cm³/mol. The van der Waals surface area contributed by atoms with E-state index in [0.29, 0.717) is 12.5 Å². The van der Waals surface area contributed by atoms with E-state index in [9.17, 15) is 0 Å². The average molecular weight is 285 g/mol. The summed E-state index contributed by atoms with van der Waals surface area (Å²) in [5.74, 6) is 2.40. The number of ether oxygens (including phenoxy) is 2. The van der Waals surface area contributed by atoms with E-state index in [4.69, 9.17) is 9.47 Å². The molecule has 1 aliphatic rings. The number of nitrogens with zero attached hydrogens (tertiary/aromatic N) is 3. The van der Waals surface area contributed by atoms with E-state index in [-0.39, 0.29) is 0 Å². The second-order valence-electron chi connectivity index (χ2n) is 4.92. The SMILES string of the molecule is CCOc1cncc(N2CCc3c(cccc3OC)C2)n1. The van der Waals surface area contributed by atoms with Crippen molar-refractivity contribution in [3.63, 3.8) is 0 Å². The second-order valence-corrected chi connectivity index (χ2v) is 4.92. The maximum atomic E-state index is 5.44. The molecule has 0 bridgehead atoms. The Balaban J connectivity index is 1.84. The van der Waals surface area contributed by atoms with Crippen LogP contribution in [0.5, 0.6) is 11.6 Å². The number of fused-ring (bicyclic) bond motifs is 1. The lowest BCUT2D eigenvalue weighted by Crippen LogP contribution is -2.31. The summed E-state index contributed by atoms with van der Waals surface area (Å²) < 4.78 is 10.9. The van der Waals surface area contributed by atoms with Crippen LogP contribution >= 0.6 is 0 Å². The van der Waals surface area contributed by atoms with Gasteiger partial charge >= 0.3 is 0 Å². The lowest BCUT2D eigenvalue weighted by atomic mass is 9.99. The number of aromatic nitrogens is 2. The van der Waals surface area contributed by atoms with Gasteiger partial charge in [-0.15, -0.1) is 0 Å². The first-order valence-corrected chi connectivity index (χ1v) is 7.16. The van der Waals surface area contributed by atoms with Gasteiger partial charge in [0.15, 0.2) is 5.82 Å². The van der Waals surface area contributed by atoms with Crippen LogP contribution in [0.15, 0.2) is 30.6 Å². The Morgan fingerprint density at radius 1 is 1.29 bits per heavy atom. The summed E-state index contributed by atoms with van der Waals surface area (Å²) in [5.41, 5.74) is 2.58. The van der Waals surface area contributed by atoms with Gasteiger partial charge in [0.1, 0.15) is 5.75 Å². The van der Waals surface area contributed by atoms with Crippen molar-refractivity contribution in [2.45, 2.75) is 19.9 Å². The van der Waals surface area contributed by atoms with Crippen molar-refractivity contribution < 1.29 is 9.47 Å². The smallest absolute Gasteiger partial charge is 0.234 e. The van der Waals surface area contributed by atoms with Crippen LogP contribution in [-0.2, 0) is 13.0 Å². The molecule has 5 heteroatoms. The topological polar surface area (TPSA) is 47.5 Å². The Bertz CT molecular complexity index is 631. The fourth-order valence-corrected chi connectivity index (χ4v) is 2.67. The van der Waals surface area contributed by atoms with Crippen LogP contribution in [0.25, 0.3) is 0 Å². The third kappa shape index (κ3) is 2.77. The van der Waals surface area contributed by atoms with E-state index in [0.717, 1.165) is 31.1 Å². The molecule has 1 aromatic heterocycles. The van der Waals surface area contributed by atoms with Crippen LogP contribution in [0.2, 0.25) is 0 Å². The van der Waals surface area contributed by atoms with Gasteiger partial charge in [0.2, 0.25) is 5.88 Å². The minimum atomic E-state index is 0.575. The van der Waals surface area contributed by atoms with Crippen LogP contribution in [0, 0.1) is 0 Å². The molecule has 0 fully saturated rings. The molecule has 1 aliphatic heterocycles. The molecule has 0 N–H and O–H groups in total. The molecular weight excluding hydrogens is 266 g/mol. The molecule has 110 valence electrons. The van der Waals surface area contributed by atoms with Crippen LogP contribution in [0.3, 0.4) is 0 Å². The van der Waals surface area contributed by atoms with Gasteiger partial charge in [0.05, 0.1) is 26.1 Å². The van der Waals surface area contributed by atoms with Crippen LogP contribution in [0.1, 0.15) is 18.1 Å². The molecule has 0 unspecified atom stereocenters. The van der Waals surface area contributed by atoms with Gasteiger partial charge < -0.3 is 14.4 Å². The summed E-state index contributed by atoms with van der Waals surface area (Å²) >= 11 is 0. The van der Waals surface area contributed by atoms with Gasteiger partial charge in [-0.1, -0.05) is 12.1 Å². The zero-order chi connectivity index (χ0) is 14.7. The molecule has 0 aliphatic carbocycles. The van der Waals surface area contributed by atoms with E-state index >= 15 is 0 Å². The first-order chi connectivity index (χ1) is 10.3. The van der Waals surface area contributed by atoms with Crippen LogP contribution < -0.4 is 14.4 Å². The van der Waals surface area contributed by atoms with E-state index in [1.165, 1.54) is 11.1 Å². The lowest BCUT2D eigenvalue weighted by molar-refractivity contribution is 0.325. The molecule has 2 heterocycles. The van der Waals surface area contributed by atoms with Crippen LogP contribution in [-0.4, -0.2) is 30.2 Å². The van der Waals surface area contributed by atoms with Crippen molar-refractivity contribution in [3.8, 4) is 11.6 Å². The highest BCUT2D eigenvalue weighted by Gasteiger charge is 2.20. The summed E-state index contributed by atoms with van der Waals surface area (Å²) in [6.45, 7) is 4.25. The molecule has 0 radical (unpaired) electrons. The Morgan fingerprint density at radius 2 is 2.19 bits per heavy atom. The molecule has 3 rings (SSSR count). The monoisotopic (exact) mass is 285 g/mol. The maximum Gasteiger partial charge on any atom is 0.234 e. The first kappa shape index (κ1) is 13.7. The van der Waals surface area contributed by atoms with E-state index in [2.05, 4.69) is 20.9 Å². The molecule has 0 amide bonds. The van der Waals surface area contributed by atoms with Crippen molar-refractivity contribution in [3.05, 3.63) is 41.7 Å². The summed E-state index contributed by atoms with van der Waals surface area (Å²) in [6.07, 6.45) is 4.38. The highest BCUT2D eigenvalue weighted by Crippen LogP contribution is 2.29. The Hall–Kier alpha value is -2.30. The van der Waals surface area contributed by atoms with Crippen molar-refractivity contribution in [1.29, 1.82) is 0 Å². The molecule has 2 aromatic rings. The van der Waals surface area contributed by atoms with E-state index in [1.54, 1.807) is 19.5 Å². The number of anilines is 1. The Kier molecular flexibility index (Phi) is 3.90. The molecule has 0 spiro atoms. The molecular formula is C16H19N3O2. The maximum absolute atomic E-state index is 5.44. The van der Waals surface area contributed by atoms with Crippen molar-refractivity contribution in [2.24, 2.45) is 0 Å². The molecule has 5 nitrogen and oxygen atoms in total. The minimum Gasteiger partial charge on any atom is -0.496 e. The standard InChI is InChI=1S/C16H19N3O2/c1-3-21-16-10-17-9-15(18-16)19-8-7-13-12(11-19)5-4-6-14(13)20-2/h4-6,9-10H,3,7-8,11H2,1-2H3. The van der Waals surface area contributed by atoms with E-state index < -0.39 is 0 Å². The van der Waals surface area contributed by atoms with Crippen molar-refractivity contribution >= 4 is 5.82 Å². The molecule has 1 aromatic carbocycles. The lowest BCUT2D eigenvalue weighted by Gasteiger charge is -2.30. The fraction of sp³-hybridized carbons (Fsp3) is 0.375. The predicted octanol–water partition coefficient (Wildman–Crippen LogP) is 2.45. The molecule has 21 heavy (non-hydrogen) atoms. The zero-order valence-electron chi connectivity index (χ0n) is 12.4. The van der Waals surface area contributed by atoms with Crippen molar-refractivity contribution in [2.75, 3.05) is 25.2 Å². The normalized spacial score (nSPS) is 13.7. The van der Waals surface area contributed by atoms with Crippen LogP contribution in [0.4, 0.5) is 5.82 Å². The second kappa shape index (κ2) is 5.99. The Labute approximate surface area is 124 Å². The van der Waals surface area contributed by atoms with Crippen molar-refractivity contribution in [1.82, 2.24) is 9.97 Å². The van der Waals surface area contributed by atoms with Gasteiger partial charge in [0.25, 0.3) is 0 Å². The summed E-state index contributed by atoms with van der Waals surface area (Å²) in [7, 11) is 1.72. The van der Waals surface area contributed by atoms with Gasteiger partial charge in [-0.3, -0.25) is 4.98 Å². The quantitative estimate of drug-likeness (QED) is 0.863. The number of hydrogen-bond donors (Lipinski definition) is 0. The minimum absolute atomic E-state index is 0.575. The third-order valence-electron chi connectivity index (χ3n) is 3.66. The fourth-order valence-electron chi connectivity index (χ4n) is 2.67. The largest absolute Gasteiger partial charge is 0.496 e. The average Bonchev–Trinajstić information content (AvgIpc) is 2.54. The van der Waals surface area contributed by atoms with Gasteiger partial charge in [-0.25, -0.2) is 0 Å². The highest BCUT2D eigenvalue weighted by atomic mass is 16.5. The van der Waals surface area contributed by atoms with Gasteiger partial charge in [-0.05, 0) is 25.0 Å². The number of methoxy groups -OCH3 is 1. The summed E-state index contributed by atoms with van der Waals surface area (Å²) in [5, 5.41) is 0. The Morgan fingerprint density at radius 3 is 3.00 bits per heavy atom. The zero-order valence-corrected chi connectivity index (χ0v) is 12.4. The number of rotatable bonds is 4. The van der Waals surface area contributed by atoms with Gasteiger partial charge in [0, 0.05) is 18.7 Å². The summed E-state index contributed by atoms with van der Waals surface area (Å²) in [6, 6.07) is 6.19. The van der Waals surface area contributed by atoms with Gasteiger partial charge in [-0.2, -0.15) is 4.98 Å². The number of benzene rings is 1. The van der Waals surface area contributed by atoms with E-state index in [1.807, 2.05) is 19.1 Å². The highest BCUT2D eigenvalue weighted by molar-refractivity contribution is 5.48. The first-order valence-electron chi connectivity index (χ1n) is 7.16. The summed E-state index contributed by atoms with van der Waals surface area (Å²) in [4.78, 5) is 10.9. The molecule has 0 atom stereocenters. The molecule has 0 saturated carbocycles. The third-order valence-corrected chi connectivity index (χ3v) is 3.66.